The molecule has 3 nitrogen and oxygen atoms in total. The number of hydrogen-bond donors (Lipinski definition) is 0. The van der Waals surface area contributed by atoms with E-state index in [1.165, 1.54) is 0 Å². The Bertz CT molecular complexity index is 346. The van der Waals surface area contributed by atoms with Gasteiger partial charge in [0.2, 0.25) is 0 Å². The molecule has 1 fully saturated rings. The minimum absolute atomic E-state index is 0.134. The Labute approximate surface area is 82.6 Å². The average Bonchev–Trinajstić information content (AvgIpc) is 2.64. The molecule has 0 aliphatic carbocycles. The number of ketones is 1. The molecule has 0 aromatic heterocycles. The smallest absolute Gasteiger partial charge is 0.168 e. The second kappa shape index (κ2) is 3.80. The molecule has 14 heavy (non-hydrogen) atoms. The summed E-state index contributed by atoms with van der Waals surface area (Å²) in [6.07, 6.45) is 0. The van der Waals surface area contributed by atoms with Crippen molar-refractivity contribution in [3.05, 3.63) is 29.8 Å². The maximum absolute atomic E-state index is 11.5. The highest BCUT2D eigenvalue weighted by Gasteiger charge is 2.28. The predicted octanol–water partition coefficient (Wildman–Crippen LogP) is 1.38. The van der Waals surface area contributed by atoms with Crippen LogP contribution in [0.2, 0.25) is 0 Å². The molecule has 1 aliphatic heterocycles. The van der Waals surface area contributed by atoms with Gasteiger partial charge in [-0.2, -0.15) is 0 Å². The molecule has 0 radical (unpaired) electrons. The first kappa shape index (κ1) is 9.21. The van der Waals surface area contributed by atoms with Crippen LogP contribution in [0.4, 0.5) is 0 Å². The molecule has 1 atom stereocenters. The molecule has 1 aromatic carbocycles. The first-order valence-corrected chi connectivity index (χ1v) is 4.56. The van der Waals surface area contributed by atoms with Crippen molar-refractivity contribution in [2.24, 2.45) is 0 Å². The first-order chi connectivity index (χ1) is 6.83. The molecule has 1 saturated heterocycles. The van der Waals surface area contributed by atoms with Crippen LogP contribution in [-0.4, -0.2) is 26.1 Å². The molecule has 1 aromatic rings. The van der Waals surface area contributed by atoms with E-state index in [4.69, 9.17) is 9.47 Å². The fourth-order valence-corrected chi connectivity index (χ4v) is 1.69. The molecule has 1 aliphatic rings. The van der Waals surface area contributed by atoms with Gasteiger partial charge in [-0.1, -0.05) is 18.2 Å². The summed E-state index contributed by atoms with van der Waals surface area (Å²) in [7, 11) is 1.61. The van der Waals surface area contributed by atoms with E-state index in [-0.39, 0.29) is 18.3 Å². The topological polar surface area (TPSA) is 35.5 Å². The highest BCUT2D eigenvalue weighted by Crippen LogP contribution is 2.29. The SMILES string of the molecule is COc1ccccc1[C@H]1COCC1=O. The van der Waals surface area contributed by atoms with Crippen LogP contribution in [0.3, 0.4) is 0 Å². The van der Waals surface area contributed by atoms with E-state index in [0.717, 1.165) is 11.3 Å². The van der Waals surface area contributed by atoms with Crippen LogP contribution >= 0.6 is 0 Å². The lowest BCUT2D eigenvalue weighted by molar-refractivity contribution is -0.118. The summed E-state index contributed by atoms with van der Waals surface area (Å²) in [4.78, 5) is 11.5. The van der Waals surface area contributed by atoms with Crippen molar-refractivity contribution in [1.29, 1.82) is 0 Å². The quantitative estimate of drug-likeness (QED) is 0.710. The Balaban J connectivity index is 2.35. The third-order valence-corrected chi connectivity index (χ3v) is 2.43. The highest BCUT2D eigenvalue weighted by molar-refractivity contribution is 5.89. The van der Waals surface area contributed by atoms with E-state index in [1.54, 1.807) is 7.11 Å². The molecule has 0 amide bonds. The van der Waals surface area contributed by atoms with E-state index in [9.17, 15) is 4.79 Å². The standard InChI is InChI=1S/C11H12O3/c1-13-11-5-3-2-4-8(11)9-6-14-7-10(9)12/h2-5,9H,6-7H2,1H3/t9-/m1/s1. The van der Waals surface area contributed by atoms with Crippen molar-refractivity contribution >= 4 is 5.78 Å². The van der Waals surface area contributed by atoms with E-state index in [1.807, 2.05) is 24.3 Å². The van der Waals surface area contributed by atoms with Gasteiger partial charge in [0, 0.05) is 5.56 Å². The van der Waals surface area contributed by atoms with E-state index < -0.39 is 0 Å². The number of benzene rings is 1. The largest absolute Gasteiger partial charge is 0.496 e. The van der Waals surface area contributed by atoms with Gasteiger partial charge in [0.15, 0.2) is 5.78 Å². The summed E-state index contributed by atoms with van der Waals surface area (Å²) in [5, 5.41) is 0. The summed E-state index contributed by atoms with van der Waals surface area (Å²) >= 11 is 0. The first-order valence-electron chi connectivity index (χ1n) is 4.56. The lowest BCUT2D eigenvalue weighted by Crippen LogP contribution is -2.10. The van der Waals surface area contributed by atoms with Gasteiger partial charge in [-0.05, 0) is 6.07 Å². The lowest BCUT2D eigenvalue weighted by Gasteiger charge is -2.11. The molecule has 74 valence electrons. The van der Waals surface area contributed by atoms with Crippen LogP contribution in [0.1, 0.15) is 11.5 Å². The monoisotopic (exact) mass is 192 g/mol. The Morgan fingerprint density at radius 1 is 1.43 bits per heavy atom. The maximum Gasteiger partial charge on any atom is 0.168 e. The molecule has 0 spiro atoms. The summed E-state index contributed by atoms with van der Waals surface area (Å²) < 4.78 is 10.3. The maximum atomic E-state index is 11.5. The molecule has 3 heteroatoms. The fourth-order valence-electron chi connectivity index (χ4n) is 1.69. The van der Waals surface area contributed by atoms with Crippen LogP contribution < -0.4 is 4.74 Å². The Morgan fingerprint density at radius 2 is 2.21 bits per heavy atom. The molecule has 0 bridgehead atoms. The Morgan fingerprint density at radius 3 is 2.86 bits per heavy atom. The molecule has 0 N–H and O–H groups in total. The van der Waals surface area contributed by atoms with Crippen LogP contribution in [-0.2, 0) is 9.53 Å². The highest BCUT2D eigenvalue weighted by atomic mass is 16.5. The second-order valence-corrected chi connectivity index (χ2v) is 3.28. The van der Waals surface area contributed by atoms with Gasteiger partial charge < -0.3 is 9.47 Å². The van der Waals surface area contributed by atoms with Crippen molar-refractivity contribution < 1.29 is 14.3 Å². The minimum Gasteiger partial charge on any atom is -0.496 e. The van der Waals surface area contributed by atoms with Crippen molar-refractivity contribution in [2.75, 3.05) is 20.3 Å². The normalized spacial score (nSPS) is 21.2. The summed E-state index contributed by atoms with van der Waals surface area (Å²) in [5.74, 6) is 0.747. The van der Waals surface area contributed by atoms with Crippen molar-refractivity contribution in [1.82, 2.24) is 0 Å². The summed E-state index contributed by atoms with van der Waals surface area (Å²) in [6.45, 7) is 0.696. The van der Waals surface area contributed by atoms with Gasteiger partial charge in [0.25, 0.3) is 0 Å². The van der Waals surface area contributed by atoms with Crippen LogP contribution in [0.25, 0.3) is 0 Å². The molecule has 1 heterocycles. The summed E-state index contributed by atoms with van der Waals surface area (Å²) in [6, 6.07) is 7.57. The van der Waals surface area contributed by atoms with Crippen LogP contribution in [0.5, 0.6) is 5.75 Å². The number of hydrogen-bond acceptors (Lipinski definition) is 3. The molecule has 0 unspecified atom stereocenters. The second-order valence-electron chi connectivity index (χ2n) is 3.28. The number of methoxy groups -OCH3 is 1. The number of Topliss-reactive ketones (excluding diaryl/α,β-unsaturated/α-hetero) is 1. The van der Waals surface area contributed by atoms with Gasteiger partial charge >= 0.3 is 0 Å². The van der Waals surface area contributed by atoms with E-state index in [2.05, 4.69) is 0 Å². The Hall–Kier alpha value is -1.35. The zero-order valence-electron chi connectivity index (χ0n) is 8.03. The molecule has 2 rings (SSSR count). The number of para-hydroxylation sites is 1. The van der Waals surface area contributed by atoms with Gasteiger partial charge in [-0.25, -0.2) is 0 Å². The van der Waals surface area contributed by atoms with Gasteiger partial charge in [0.1, 0.15) is 12.4 Å². The predicted molar refractivity (Wildman–Crippen MR) is 51.6 cm³/mol. The molecular formula is C11H12O3. The van der Waals surface area contributed by atoms with Gasteiger partial charge in [-0.15, -0.1) is 0 Å². The van der Waals surface area contributed by atoms with Crippen molar-refractivity contribution in [3.8, 4) is 5.75 Å². The third kappa shape index (κ3) is 1.51. The van der Waals surface area contributed by atoms with Gasteiger partial charge in [-0.3, -0.25) is 4.79 Å². The fraction of sp³-hybridized carbons (Fsp3) is 0.364. The average molecular weight is 192 g/mol. The lowest BCUT2D eigenvalue weighted by atomic mass is 9.97. The third-order valence-electron chi connectivity index (χ3n) is 2.43. The summed E-state index contributed by atoms with van der Waals surface area (Å²) in [5.41, 5.74) is 0.928. The van der Waals surface area contributed by atoms with Crippen molar-refractivity contribution in [2.45, 2.75) is 5.92 Å². The zero-order valence-corrected chi connectivity index (χ0v) is 8.03. The molecular weight excluding hydrogens is 180 g/mol. The molecule has 0 saturated carbocycles. The number of ether oxygens (including phenoxy) is 2. The van der Waals surface area contributed by atoms with E-state index in [0.29, 0.717) is 6.61 Å². The van der Waals surface area contributed by atoms with E-state index >= 15 is 0 Å². The Kier molecular flexibility index (Phi) is 2.50. The number of carbonyl (C=O) groups excluding carboxylic acids is 1. The number of rotatable bonds is 2. The van der Waals surface area contributed by atoms with Crippen LogP contribution in [0.15, 0.2) is 24.3 Å². The minimum atomic E-state index is -0.147. The van der Waals surface area contributed by atoms with Crippen LogP contribution in [0, 0.1) is 0 Å². The zero-order chi connectivity index (χ0) is 9.97. The van der Waals surface area contributed by atoms with Crippen molar-refractivity contribution in [3.63, 3.8) is 0 Å². The number of carbonyl (C=O) groups is 1. The van der Waals surface area contributed by atoms with Gasteiger partial charge in [0.05, 0.1) is 19.6 Å².